The number of hydrogen-bond acceptors (Lipinski definition) is 10. The summed E-state index contributed by atoms with van der Waals surface area (Å²) in [7, 11) is 2.01. The summed E-state index contributed by atoms with van der Waals surface area (Å²) in [5, 5.41) is 28.4. The number of carboxylic acids is 2. The van der Waals surface area contributed by atoms with E-state index >= 15 is 0 Å². The number of nitrogens with one attached hydrogen (secondary N) is 4. The minimum atomic E-state index is -1.29. The van der Waals surface area contributed by atoms with Crippen LogP contribution in [0.25, 0.3) is 0 Å². The van der Waals surface area contributed by atoms with E-state index < -0.39 is 48.0 Å². The molecule has 0 saturated carbocycles. The van der Waals surface area contributed by atoms with Gasteiger partial charge in [0.25, 0.3) is 0 Å². The number of benzene rings is 2. The third-order valence-corrected chi connectivity index (χ3v) is 7.91. The van der Waals surface area contributed by atoms with Crippen LogP contribution in [-0.2, 0) is 41.9 Å². The summed E-state index contributed by atoms with van der Waals surface area (Å²) in [5.74, 6) is -3.99. The summed E-state index contributed by atoms with van der Waals surface area (Å²) in [6.07, 6.45) is -1.81. The molecule has 0 heterocycles. The molecular formula is C28H34N4O10S2. The Balaban J connectivity index is 1.61. The van der Waals surface area contributed by atoms with Gasteiger partial charge in [0.05, 0.1) is 0 Å². The number of amides is 4. The Morgan fingerprint density at radius 3 is 1.32 bits per heavy atom. The van der Waals surface area contributed by atoms with Crippen molar-refractivity contribution in [3.05, 3.63) is 71.8 Å². The van der Waals surface area contributed by atoms with E-state index in [0.29, 0.717) is 0 Å². The third-order valence-electron chi connectivity index (χ3n) is 5.49. The van der Waals surface area contributed by atoms with Crippen LogP contribution < -0.4 is 21.3 Å². The van der Waals surface area contributed by atoms with E-state index in [0.717, 1.165) is 32.7 Å². The molecule has 0 aliphatic carbocycles. The highest BCUT2D eigenvalue weighted by Gasteiger charge is 2.23. The van der Waals surface area contributed by atoms with Crippen molar-refractivity contribution in [3.8, 4) is 0 Å². The fourth-order valence-electron chi connectivity index (χ4n) is 3.22. The molecule has 0 saturated heterocycles. The Bertz CT molecular complexity index is 1140. The molecule has 2 unspecified atom stereocenters. The van der Waals surface area contributed by atoms with Crippen LogP contribution in [0.1, 0.15) is 24.0 Å². The molecule has 0 bridgehead atoms. The van der Waals surface area contributed by atoms with Gasteiger partial charge in [-0.3, -0.25) is 9.59 Å². The molecule has 44 heavy (non-hydrogen) atoms. The molecule has 0 aliphatic heterocycles. The molecule has 2 rings (SSSR count). The largest absolute Gasteiger partial charge is 0.480 e. The topological polar surface area (TPSA) is 209 Å². The second kappa shape index (κ2) is 20.5. The van der Waals surface area contributed by atoms with E-state index in [-0.39, 0.29) is 50.7 Å². The van der Waals surface area contributed by atoms with E-state index in [1.54, 1.807) is 48.5 Å². The normalized spacial score (nSPS) is 11.7. The molecule has 238 valence electrons. The number of carbonyl (C=O) groups is 6. The zero-order chi connectivity index (χ0) is 32.2. The van der Waals surface area contributed by atoms with Gasteiger partial charge in [0.2, 0.25) is 11.8 Å². The average molecular weight is 651 g/mol. The Morgan fingerprint density at radius 2 is 0.977 bits per heavy atom. The van der Waals surface area contributed by atoms with Gasteiger partial charge in [0.1, 0.15) is 25.3 Å². The molecule has 4 amide bonds. The van der Waals surface area contributed by atoms with Crippen molar-refractivity contribution in [3.63, 3.8) is 0 Å². The van der Waals surface area contributed by atoms with Gasteiger partial charge in [-0.2, -0.15) is 0 Å². The zero-order valence-electron chi connectivity index (χ0n) is 23.6. The molecule has 2 atom stereocenters. The van der Waals surface area contributed by atoms with Crippen LogP contribution in [-0.4, -0.2) is 82.8 Å². The highest BCUT2D eigenvalue weighted by molar-refractivity contribution is 8.76. The van der Waals surface area contributed by atoms with Crippen molar-refractivity contribution in [2.24, 2.45) is 0 Å². The van der Waals surface area contributed by atoms with Crippen molar-refractivity contribution in [1.82, 2.24) is 21.3 Å². The number of ether oxygens (including phenoxy) is 2. The number of aliphatic carboxylic acids is 2. The van der Waals surface area contributed by atoms with Crippen molar-refractivity contribution in [2.75, 3.05) is 24.6 Å². The van der Waals surface area contributed by atoms with Crippen LogP contribution in [0.3, 0.4) is 0 Å². The van der Waals surface area contributed by atoms with Gasteiger partial charge in [-0.25, -0.2) is 19.2 Å². The Kier molecular flexibility index (Phi) is 16.6. The number of alkyl carbamates (subject to hydrolysis) is 2. The first-order valence-electron chi connectivity index (χ1n) is 13.3. The van der Waals surface area contributed by atoms with Gasteiger partial charge < -0.3 is 41.0 Å². The van der Waals surface area contributed by atoms with Gasteiger partial charge in [0, 0.05) is 37.4 Å². The van der Waals surface area contributed by atoms with Crippen LogP contribution in [0.2, 0.25) is 0 Å². The van der Waals surface area contributed by atoms with Crippen LogP contribution >= 0.6 is 21.6 Å². The van der Waals surface area contributed by atoms with Gasteiger partial charge in [-0.05, 0) is 11.1 Å². The van der Waals surface area contributed by atoms with Crippen LogP contribution in [0.4, 0.5) is 9.59 Å². The van der Waals surface area contributed by atoms with Crippen LogP contribution in [0, 0.1) is 0 Å². The monoisotopic (exact) mass is 650 g/mol. The molecular weight excluding hydrogens is 616 g/mol. The van der Waals surface area contributed by atoms with Gasteiger partial charge in [-0.1, -0.05) is 82.3 Å². The molecule has 16 heteroatoms. The predicted molar refractivity (Wildman–Crippen MR) is 163 cm³/mol. The maximum absolute atomic E-state index is 12.2. The summed E-state index contributed by atoms with van der Waals surface area (Å²) in [6, 6.07) is 15.5. The average Bonchev–Trinajstić information content (AvgIpc) is 3.00. The molecule has 2 aromatic carbocycles. The third kappa shape index (κ3) is 15.7. The van der Waals surface area contributed by atoms with Crippen molar-refractivity contribution < 1.29 is 48.5 Å². The van der Waals surface area contributed by atoms with Gasteiger partial charge >= 0.3 is 24.1 Å². The maximum atomic E-state index is 12.2. The lowest BCUT2D eigenvalue weighted by Crippen LogP contribution is -2.44. The summed E-state index contributed by atoms with van der Waals surface area (Å²) in [4.78, 5) is 71.0. The first-order valence-corrected chi connectivity index (χ1v) is 15.8. The number of carboxylic acid groups (broad SMARTS) is 2. The lowest BCUT2D eigenvalue weighted by atomic mass is 10.2. The summed E-state index contributed by atoms with van der Waals surface area (Å²) in [6.45, 7) is -0.0227. The lowest BCUT2D eigenvalue weighted by Gasteiger charge is -2.16. The van der Waals surface area contributed by atoms with Crippen molar-refractivity contribution in [2.45, 2.75) is 38.1 Å². The molecule has 0 fully saturated rings. The molecule has 0 spiro atoms. The molecule has 14 nitrogen and oxygen atoms in total. The maximum Gasteiger partial charge on any atom is 0.407 e. The zero-order valence-corrected chi connectivity index (χ0v) is 25.2. The minimum absolute atomic E-state index is 0.0600. The molecule has 0 aliphatic rings. The Labute approximate surface area is 261 Å². The highest BCUT2D eigenvalue weighted by Crippen LogP contribution is 2.23. The first kappa shape index (κ1) is 35.8. The second-order valence-electron chi connectivity index (χ2n) is 8.96. The highest BCUT2D eigenvalue weighted by atomic mass is 33.1. The lowest BCUT2D eigenvalue weighted by molar-refractivity contribution is -0.141. The molecule has 2 aromatic rings. The molecule has 6 N–H and O–H groups in total. The van der Waals surface area contributed by atoms with Crippen molar-refractivity contribution >= 4 is 57.5 Å². The molecule has 0 aromatic heterocycles. The van der Waals surface area contributed by atoms with Gasteiger partial charge in [-0.15, -0.1) is 0 Å². The number of carbonyl (C=O) groups excluding carboxylic acids is 4. The minimum Gasteiger partial charge on any atom is -0.480 e. The standard InChI is InChI=1S/C28H34N4O10S2/c33-23(11-13-29-27(39)41-15-19-7-3-1-4-8-19)31-21(25(35)36)17-43-44-18-22(26(37)38)32-24(34)12-14-30-28(40)42-16-20-9-5-2-6-10-20/h1-10,21-22H,11-18H2,(H,29,39)(H,30,40)(H,31,33)(H,32,34)(H,35,36)(H,37,38). The Hall–Kier alpha value is -4.44. The van der Waals surface area contributed by atoms with Crippen molar-refractivity contribution in [1.29, 1.82) is 0 Å². The van der Waals surface area contributed by atoms with E-state index in [2.05, 4.69) is 21.3 Å². The fourth-order valence-corrected chi connectivity index (χ4v) is 5.53. The van der Waals surface area contributed by atoms with Crippen LogP contribution in [0.5, 0.6) is 0 Å². The summed E-state index contributed by atoms with van der Waals surface area (Å²) >= 11 is 0. The number of rotatable bonds is 19. The quantitative estimate of drug-likeness (QED) is 0.0954. The second-order valence-corrected chi connectivity index (χ2v) is 11.5. The van der Waals surface area contributed by atoms with E-state index in [9.17, 15) is 39.0 Å². The summed E-state index contributed by atoms with van der Waals surface area (Å²) in [5.41, 5.74) is 1.59. The van der Waals surface area contributed by atoms with E-state index in [1.165, 1.54) is 0 Å². The SMILES string of the molecule is O=C(CCNC(=O)OCc1ccccc1)NC(CSSCC(NC(=O)CCNC(=O)OCc1ccccc1)C(=O)O)C(=O)O. The fraction of sp³-hybridized carbons (Fsp3) is 0.357. The van der Waals surface area contributed by atoms with Crippen LogP contribution in [0.15, 0.2) is 60.7 Å². The number of hydrogen-bond donors (Lipinski definition) is 6. The molecule has 0 radical (unpaired) electrons. The first-order chi connectivity index (χ1) is 21.1. The smallest absolute Gasteiger partial charge is 0.407 e. The van der Waals surface area contributed by atoms with Gasteiger partial charge in [0.15, 0.2) is 0 Å². The van der Waals surface area contributed by atoms with E-state index in [1.807, 2.05) is 12.1 Å². The Morgan fingerprint density at radius 1 is 0.614 bits per heavy atom. The summed E-state index contributed by atoms with van der Waals surface area (Å²) < 4.78 is 10.1. The van der Waals surface area contributed by atoms with E-state index in [4.69, 9.17) is 9.47 Å². The predicted octanol–water partition coefficient (Wildman–Crippen LogP) is 2.14.